The number of aliphatic hydroxyl groups is 1. The molecule has 0 saturated carbocycles. The molecule has 180 valence electrons. The number of benzene rings is 1. The Hall–Kier alpha value is -2.86. The summed E-state index contributed by atoms with van der Waals surface area (Å²) in [6.07, 6.45) is 5.36. The number of Topliss-reactive ketones (excluding diaryl/α,β-unsaturated/α-hetero) is 1. The number of aromatic hydroxyl groups is 2. The normalized spacial score (nSPS) is 12.9. The Labute approximate surface area is 195 Å². The van der Waals surface area contributed by atoms with E-state index in [1.807, 2.05) is 40.7 Å². The van der Waals surface area contributed by atoms with E-state index in [9.17, 15) is 24.9 Å². The molecule has 1 heterocycles. The van der Waals surface area contributed by atoms with E-state index in [1.54, 1.807) is 6.92 Å². The molecule has 0 aliphatic carbocycles. The van der Waals surface area contributed by atoms with Crippen molar-refractivity contribution < 1.29 is 24.5 Å². The standard InChI is InChI=1S/C27H36O6/c1-7-20(28)19-14-22(30)33-27-23(19)25(31)18(12-11-17(6)10-8-9-15(2)3)26(32)24(27)21(29)13-16(4)5/h9,11,14,16,20,28,31-32H,7-8,10,12-13H2,1-6H3/t20-/m0/s1. The molecule has 1 aromatic heterocycles. The van der Waals surface area contributed by atoms with Gasteiger partial charge >= 0.3 is 5.63 Å². The second kappa shape index (κ2) is 11.3. The van der Waals surface area contributed by atoms with Crippen molar-refractivity contribution >= 4 is 16.8 Å². The number of fused-ring (bicyclic) bond motifs is 1. The third-order valence-electron chi connectivity index (χ3n) is 5.63. The number of carbonyl (C=O) groups is 1. The minimum Gasteiger partial charge on any atom is -0.507 e. The van der Waals surface area contributed by atoms with Gasteiger partial charge in [0.15, 0.2) is 11.4 Å². The molecule has 3 N–H and O–H groups in total. The predicted molar refractivity (Wildman–Crippen MR) is 131 cm³/mol. The van der Waals surface area contributed by atoms with Crippen LogP contribution in [0, 0.1) is 5.92 Å². The van der Waals surface area contributed by atoms with Crippen LogP contribution in [0.15, 0.2) is 38.6 Å². The third kappa shape index (κ3) is 6.35. The molecule has 6 heteroatoms. The lowest BCUT2D eigenvalue weighted by atomic mass is 9.91. The number of phenols is 2. The summed E-state index contributed by atoms with van der Waals surface area (Å²) in [7, 11) is 0. The van der Waals surface area contributed by atoms with Gasteiger partial charge in [0.25, 0.3) is 0 Å². The molecule has 33 heavy (non-hydrogen) atoms. The van der Waals surface area contributed by atoms with Gasteiger partial charge in [-0.05, 0) is 52.4 Å². The van der Waals surface area contributed by atoms with E-state index in [1.165, 1.54) is 5.57 Å². The summed E-state index contributed by atoms with van der Waals surface area (Å²) in [4.78, 5) is 25.3. The maximum absolute atomic E-state index is 13.1. The number of ketones is 1. The quantitative estimate of drug-likeness (QED) is 0.226. The van der Waals surface area contributed by atoms with Crippen LogP contribution in [0.1, 0.15) is 94.8 Å². The van der Waals surface area contributed by atoms with Crippen LogP contribution in [0.25, 0.3) is 11.0 Å². The fourth-order valence-electron chi connectivity index (χ4n) is 3.83. The fourth-order valence-corrected chi connectivity index (χ4v) is 3.83. The van der Waals surface area contributed by atoms with Crippen molar-refractivity contribution in [3.8, 4) is 11.5 Å². The summed E-state index contributed by atoms with van der Waals surface area (Å²) in [5.74, 6) is -1.05. The van der Waals surface area contributed by atoms with Gasteiger partial charge in [0, 0.05) is 23.6 Å². The van der Waals surface area contributed by atoms with E-state index < -0.39 is 11.7 Å². The molecule has 0 unspecified atom stereocenters. The van der Waals surface area contributed by atoms with Crippen molar-refractivity contribution in [3.05, 3.63) is 56.5 Å². The van der Waals surface area contributed by atoms with Crippen molar-refractivity contribution in [2.75, 3.05) is 0 Å². The second-order valence-corrected chi connectivity index (χ2v) is 9.30. The van der Waals surface area contributed by atoms with Gasteiger partial charge in [-0.15, -0.1) is 0 Å². The SMILES string of the molecule is CC[C@H](O)c1cc(=O)oc2c(C(=O)CC(C)C)c(O)c(CC=C(C)CCC=C(C)C)c(O)c12. The first kappa shape index (κ1) is 26.4. The summed E-state index contributed by atoms with van der Waals surface area (Å²) in [5, 5.41) is 32.8. The van der Waals surface area contributed by atoms with Gasteiger partial charge < -0.3 is 19.7 Å². The van der Waals surface area contributed by atoms with Gasteiger partial charge in [0.2, 0.25) is 0 Å². The van der Waals surface area contributed by atoms with Gasteiger partial charge in [0.1, 0.15) is 17.1 Å². The van der Waals surface area contributed by atoms with Gasteiger partial charge in [-0.1, -0.05) is 44.1 Å². The molecule has 0 saturated heterocycles. The Kier molecular flexibility index (Phi) is 9.06. The van der Waals surface area contributed by atoms with Crippen molar-refractivity contribution in [1.29, 1.82) is 0 Å². The van der Waals surface area contributed by atoms with Gasteiger partial charge in [-0.25, -0.2) is 4.79 Å². The largest absolute Gasteiger partial charge is 0.507 e. The highest BCUT2D eigenvalue weighted by Crippen LogP contribution is 2.43. The molecular formula is C27H36O6. The van der Waals surface area contributed by atoms with E-state index in [0.717, 1.165) is 24.5 Å². The van der Waals surface area contributed by atoms with Crippen molar-refractivity contribution in [3.63, 3.8) is 0 Å². The summed E-state index contributed by atoms with van der Waals surface area (Å²) >= 11 is 0. The van der Waals surface area contributed by atoms with Crippen LogP contribution in [-0.4, -0.2) is 21.1 Å². The number of hydrogen-bond donors (Lipinski definition) is 3. The van der Waals surface area contributed by atoms with Crippen LogP contribution in [0.2, 0.25) is 0 Å². The summed E-state index contributed by atoms with van der Waals surface area (Å²) in [6.45, 7) is 11.6. The monoisotopic (exact) mass is 456 g/mol. The molecule has 2 aromatic rings. The van der Waals surface area contributed by atoms with Crippen molar-refractivity contribution in [2.24, 2.45) is 5.92 Å². The number of carbonyl (C=O) groups excluding carboxylic acids is 1. The van der Waals surface area contributed by atoms with E-state index in [-0.39, 0.29) is 63.7 Å². The molecule has 0 amide bonds. The van der Waals surface area contributed by atoms with Crippen LogP contribution in [0.3, 0.4) is 0 Å². The fraction of sp³-hybridized carbons (Fsp3) is 0.481. The first-order chi connectivity index (χ1) is 15.5. The summed E-state index contributed by atoms with van der Waals surface area (Å²) < 4.78 is 5.32. The number of aliphatic hydroxyl groups excluding tert-OH is 1. The minimum atomic E-state index is -1.03. The Morgan fingerprint density at radius 2 is 1.79 bits per heavy atom. The second-order valence-electron chi connectivity index (χ2n) is 9.30. The van der Waals surface area contributed by atoms with Crippen LogP contribution >= 0.6 is 0 Å². The molecule has 0 aliphatic heterocycles. The lowest BCUT2D eigenvalue weighted by Gasteiger charge is -2.18. The average Bonchev–Trinajstić information content (AvgIpc) is 2.71. The highest BCUT2D eigenvalue weighted by atomic mass is 16.4. The predicted octanol–water partition coefficient (Wildman–Crippen LogP) is 6.11. The first-order valence-electron chi connectivity index (χ1n) is 11.5. The molecule has 0 fully saturated rings. The van der Waals surface area contributed by atoms with Crippen LogP contribution < -0.4 is 5.63 Å². The zero-order valence-corrected chi connectivity index (χ0v) is 20.5. The van der Waals surface area contributed by atoms with Gasteiger partial charge in [-0.2, -0.15) is 0 Å². The van der Waals surface area contributed by atoms with Crippen LogP contribution in [0.4, 0.5) is 0 Å². The van der Waals surface area contributed by atoms with Crippen LogP contribution in [0.5, 0.6) is 11.5 Å². The average molecular weight is 457 g/mol. The molecule has 2 rings (SSSR count). The van der Waals surface area contributed by atoms with E-state index in [2.05, 4.69) is 6.08 Å². The third-order valence-corrected chi connectivity index (χ3v) is 5.63. The highest BCUT2D eigenvalue weighted by molar-refractivity contribution is 6.11. The zero-order chi connectivity index (χ0) is 24.9. The number of hydrogen-bond acceptors (Lipinski definition) is 6. The zero-order valence-electron chi connectivity index (χ0n) is 20.5. The van der Waals surface area contributed by atoms with Crippen LogP contribution in [-0.2, 0) is 6.42 Å². The smallest absolute Gasteiger partial charge is 0.336 e. The molecule has 1 aromatic carbocycles. The lowest BCUT2D eigenvalue weighted by molar-refractivity contribution is 0.0965. The van der Waals surface area contributed by atoms with E-state index in [4.69, 9.17) is 4.42 Å². The van der Waals surface area contributed by atoms with E-state index >= 15 is 0 Å². The molecular weight excluding hydrogens is 420 g/mol. The number of allylic oxidation sites excluding steroid dienone is 4. The molecule has 0 aliphatic rings. The maximum Gasteiger partial charge on any atom is 0.336 e. The summed E-state index contributed by atoms with van der Waals surface area (Å²) in [5.41, 5.74) is 1.62. The van der Waals surface area contributed by atoms with Crippen molar-refractivity contribution in [2.45, 2.75) is 79.8 Å². The Bertz CT molecular complexity index is 1130. The van der Waals surface area contributed by atoms with Gasteiger partial charge in [-0.3, -0.25) is 4.79 Å². The Balaban J connectivity index is 2.74. The van der Waals surface area contributed by atoms with E-state index in [0.29, 0.717) is 6.42 Å². The molecule has 0 radical (unpaired) electrons. The molecule has 0 bridgehead atoms. The Morgan fingerprint density at radius 1 is 1.12 bits per heavy atom. The van der Waals surface area contributed by atoms with Crippen molar-refractivity contribution in [1.82, 2.24) is 0 Å². The highest BCUT2D eigenvalue weighted by Gasteiger charge is 2.28. The lowest BCUT2D eigenvalue weighted by Crippen LogP contribution is -2.11. The first-order valence-corrected chi connectivity index (χ1v) is 11.5. The molecule has 0 spiro atoms. The number of phenolic OH excluding ortho intramolecular Hbond substituents is 2. The maximum atomic E-state index is 13.1. The Morgan fingerprint density at radius 3 is 2.36 bits per heavy atom. The molecule has 1 atom stereocenters. The van der Waals surface area contributed by atoms with Gasteiger partial charge in [0.05, 0.1) is 11.5 Å². The molecule has 6 nitrogen and oxygen atoms in total. The topological polar surface area (TPSA) is 108 Å². The minimum absolute atomic E-state index is 0.0116. The number of rotatable bonds is 10. The summed E-state index contributed by atoms with van der Waals surface area (Å²) in [6, 6.07) is 1.13.